The van der Waals surface area contributed by atoms with E-state index in [9.17, 15) is 9.90 Å². The second kappa shape index (κ2) is 7.43. The summed E-state index contributed by atoms with van der Waals surface area (Å²) in [6, 6.07) is 7.39. The topological polar surface area (TPSA) is 61.8 Å². The fourth-order valence-electron chi connectivity index (χ4n) is 2.12. The van der Waals surface area contributed by atoms with Crippen LogP contribution in [0.1, 0.15) is 25.3 Å². The molecule has 0 radical (unpaired) electrons. The summed E-state index contributed by atoms with van der Waals surface area (Å²) in [5.41, 5.74) is 1.82. The molecule has 1 aromatic carbocycles. The summed E-state index contributed by atoms with van der Waals surface area (Å²) in [6.45, 7) is 3.60. The molecule has 0 bridgehead atoms. The number of aliphatic hydroxyl groups is 1. The molecule has 1 aliphatic carbocycles. The number of rotatable bonds is 7. The third kappa shape index (κ3) is 5.02. The molecule has 21 heavy (non-hydrogen) atoms. The fourth-order valence-corrected chi connectivity index (χ4v) is 2.12. The van der Waals surface area contributed by atoms with Gasteiger partial charge in [-0.2, -0.15) is 0 Å². The normalized spacial score (nSPS) is 15.6. The van der Waals surface area contributed by atoms with Gasteiger partial charge in [0, 0.05) is 25.9 Å². The van der Waals surface area contributed by atoms with Crippen LogP contribution in [0.15, 0.2) is 24.3 Å². The van der Waals surface area contributed by atoms with Gasteiger partial charge in [-0.1, -0.05) is 12.1 Å². The number of hydrogen-bond donors (Lipinski definition) is 2. The van der Waals surface area contributed by atoms with Crippen LogP contribution in [0, 0.1) is 5.92 Å². The lowest BCUT2D eigenvalue weighted by molar-refractivity contribution is 0.117. The lowest BCUT2D eigenvalue weighted by Crippen LogP contribution is -2.37. The number of anilines is 1. The predicted molar refractivity (Wildman–Crippen MR) is 82.2 cm³/mol. The van der Waals surface area contributed by atoms with Crippen molar-refractivity contribution in [2.24, 2.45) is 5.92 Å². The summed E-state index contributed by atoms with van der Waals surface area (Å²) in [7, 11) is 1.70. The molecule has 1 fully saturated rings. The zero-order valence-electron chi connectivity index (χ0n) is 12.7. The molecule has 0 aromatic heterocycles. The van der Waals surface area contributed by atoms with E-state index in [1.54, 1.807) is 7.05 Å². The maximum atomic E-state index is 12.0. The van der Waals surface area contributed by atoms with E-state index in [1.165, 1.54) is 4.90 Å². The first kappa shape index (κ1) is 15.8. The van der Waals surface area contributed by atoms with Gasteiger partial charge >= 0.3 is 6.03 Å². The quantitative estimate of drug-likeness (QED) is 0.811. The van der Waals surface area contributed by atoms with Crippen molar-refractivity contribution in [1.29, 1.82) is 0 Å². The molecule has 2 amide bonds. The lowest BCUT2D eigenvalue weighted by Gasteiger charge is -2.21. The number of nitrogens with zero attached hydrogens (tertiary/aromatic N) is 1. The molecule has 1 saturated carbocycles. The highest BCUT2D eigenvalue weighted by molar-refractivity contribution is 5.89. The van der Waals surface area contributed by atoms with Crippen LogP contribution < -0.4 is 5.32 Å². The van der Waals surface area contributed by atoms with Gasteiger partial charge in [0.05, 0.1) is 12.7 Å². The van der Waals surface area contributed by atoms with Gasteiger partial charge in [-0.05, 0) is 43.4 Å². The van der Waals surface area contributed by atoms with Crippen LogP contribution in [-0.4, -0.2) is 42.3 Å². The van der Waals surface area contributed by atoms with Crippen molar-refractivity contribution in [1.82, 2.24) is 4.90 Å². The summed E-state index contributed by atoms with van der Waals surface area (Å²) in [4.78, 5) is 13.6. The molecule has 5 nitrogen and oxygen atoms in total. The summed E-state index contributed by atoms with van der Waals surface area (Å²) in [6.07, 6.45) is 1.73. The number of amides is 2. The van der Waals surface area contributed by atoms with Crippen LogP contribution in [0.3, 0.4) is 0 Å². The van der Waals surface area contributed by atoms with Gasteiger partial charge in [-0.3, -0.25) is 0 Å². The molecule has 1 unspecified atom stereocenters. The van der Waals surface area contributed by atoms with Crippen molar-refractivity contribution in [2.45, 2.75) is 32.5 Å². The average Bonchev–Trinajstić information content (AvgIpc) is 3.31. The number of aliphatic hydroxyl groups excluding tert-OH is 1. The van der Waals surface area contributed by atoms with E-state index in [4.69, 9.17) is 4.74 Å². The van der Waals surface area contributed by atoms with E-state index in [0.717, 1.165) is 24.1 Å². The van der Waals surface area contributed by atoms with E-state index in [0.29, 0.717) is 25.7 Å². The number of carbonyl (C=O) groups excluding carboxylic acids is 1. The van der Waals surface area contributed by atoms with Crippen LogP contribution in [0.4, 0.5) is 10.5 Å². The minimum Gasteiger partial charge on any atom is -0.391 e. The Hall–Kier alpha value is -1.59. The SMILES string of the molecule is CCOCc1ccc(NC(=O)N(C)CC(O)C2CC2)cc1. The summed E-state index contributed by atoms with van der Waals surface area (Å²) >= 11 is 0. The van der Waals surface area contributed by atoms with Gasteiger partial charge in [-0.15, -0.1) is 0 Å². The molecular weight excluding hydrogens is 268 g/mol. The first-order valence-corrected chi connectivity index (χ1v) is 7.47. The fraction of sp³-hybridized carbons (Fsp3) is 0.562. The molecule has 2 N–H and O–H groups in total. The Balaban J connectivity index is 1.80. The van der Waals surface area contributed by atoms with Gasteiger partial charge in [-0.25, -0.2) is 4.79 Å². The van der Waals surface area contributed by atoms with Crippen LogP contribution in [0.25, 0.3) is 0 Å². The number of hydrogen-bond acceptors (Lipinski definition) is 3. The van der Waals surface area contributed by atoms with E-state index >= 15 is 0 Å². The summed E-state index contributed by atoms with van der Waals surface area (Å²) < 4.78 is 5.33. The Morgan fingerprint density at radius 2 is 2.10 bits per heavy atom. The average molecular weight is 292 g/mol. The Bertz CT molecular complexity index is 457. The van der Waals surface area contributed by atoms with Crippen molar-refractivity contribution >= 4 is 11.7 Å². The number of carbonyl (C=O) groups is 1. The third-order valence-electron chi connectivity index (χ3n) is 3.65. The molecule has 0 heterocycles. The largest absolute Gasteiger partial charge is 0.391 e. The maximum Gasteiger partial charge on any atom is 0.321 e. The van der Waals surface area contributed by atoms with Gasteiger partial charge in [0.25, 0.3) is 0 Å². The second-order valence-electron chi connectivity index (χ2n) is 5.55. The van der Waals surface area contributed by atoms with E-state index in [-0.39, 0.29) is 6.03 Å². The number of benzene rings is 1. The third-order valence-corrected chi connectivity index (χ3v) is 3.65. The van der Waals surface area contributed by atoms with E-state index < -0.39 is 6.10 Å². The highest BCUT2D eigenvalue weighted by atomic mass is 16.5. The summed E-state index contributed by atoms with van der Waals surface area (Å²) in [5.74, 6) is 0.373. The van der Waals surface area contributed by atoms with Gasteiger partial charge in [0.2, 0.25) is 0 Å². The molecule has 116 valence electrons. The van der Waals surface area contributed by atoms with Gasteiger partial charge in [0.15, 0.2) is 0 Å². The number of likely N-dealkylation sites (N-methyl/N-ethyl adjacent to an activating group) is 1. The van der Waals surface area contributed by atoms with Crippen LogP contribution in [0.2, 0.25) is 0 Å². The molecule has 5 heteroatoms. The van der Waals surface area contributed by atoms with Crippen molar-refractivity contribution in [3.05, 3.63) is 29.8 Å². The van der Waals surface area contributed by atoms with Crippen molar-refractivity contribution in [2.75, 3.05) is 25.5 Å². The lowest BCUT2D eigenvalue weighted by atomic mass is 10.2. The Morgan fingerprint density at radius 3 is 2.67 bits per heavy atom. The molecule has 0 saturated heterocycles. The predicted octanol–water partition coefficient (Wildman–Crippen LogP) is 2.46. The monoisotopic (exact) mass is 292 g/mol. The highest BCUT2D eigenvalue weighted by Crippen LogP contribution is 2.32. The van der Waals surface area contributed by atoms with Crippen LogP contribution in [0.5, 0.6) is 0 Å². The standard InChI is InChI=1S/C16H24N2O3/c1-3-21-11-12-4-8-14(9-5-12)17-16(20)18(2)10-15(19)13-6-7-13/h4-5,8-9,13,15,19H,3,6-7,10-11H2,1-2H3,(H,17,20). The maximum absolute atomic E-state index is 12.0. The zero-order valence-corrected chi connectivity index (χ0v) is 12.7. The van der Waals surface area contributed by atoms with E-state index in [1.807, 2.05) is 31.2 Å². The van der Waals surface area contributed by atoms with E-state index in [2.05, 4.69) is 5.32 Å². The van der Waals surface area contributed by atoms with Crippen LogP contribution >= 0.6 is 0 Å². The number of urea groups is 1. The van der Waals surface area contributed by atoms with Crippen LogP contribution in [-0.2, 0) is 11.3 Å². The minimum absolute atomic E-state index is 0.202. The smallest absolute Gasteiger partial charge is 0.321 e. The second-order valence-corrected chi connectivity index (χ2v) is 5.55. The zero-order chi connectivity index (χ0) is 15.2. The van der Waals surface area contributed by atoms with Gasteiger partial charge < -0.3 is 20.1 Å². The summed E-state index contributed by atoms with van der Waals surface area (Å²) in [5, 5.41) is 12.7. The number of nitrogens with one attached hydrogen (secondary N) is 1. The molecule has 2 rings (SSSR count). The van der Waals surface area contributed by atoms with Crippen molar-refractivity contribution in [3.63, 3.8) is 0 Å². The van der Waals surface area contributed by atoms with Gasteiger partial charge in [0.1, 0.15) is 0 Å². The van der Waals surface area contributed by atoms with Crippen molar-refractivity contribution < 1.29 is 14.6 Å². The highest BCUT2D eigenvalue weighted by Gasteiger charge is 2.31. The minimum atomic E-state index is -0.408. The first-order chi connectivity index (χ1) is 10.1. The van der Waals surface area contributed by atoms with Crippen molar-refractivity contribution in [3.8, 4) is 0 Å². The molecule has 1 aromatic rings. The molecule has 1 aliphatic rings. The Kier molecular flexibility index (Phi) is 5.59. The number of ether oxygens (including phenoxy) is 1. The molecule has 0 spiro atoms. The molecular formula is C16H24N2O3. The molecule has 0 aliphatic heterocycles. The first-order valence-electron chi connectivity index (χ1n) is 7.47. The molecule has 1 atom stereocenters. The Labute approximate surface area is 125 Å². The Morgan fingerprint density at radius 1 is 1.43 bits per heavy atom.